The van der Waals surface area contributed by atoms with Crippen molar-refractivity contribution in [2.75, 3.05) is 6.26 Å². The minimum atomic E-state index is -0.565. The third-order valence-corrected chi connectivity index (χ3v) is 1.89. The molecule has 0 heterocycles. The summed E-state index contributed by atoms with van der Waals surface area (Å²) in [5.41, 5.74) is -0.565. The molecule has 13 heavy (non-hydrogen) atoms. The van der Waals surface area contributed by atoms with Crippen LogP contribution < -0.4 is 5.32 Å². The van der Waals surface area contributed by atoms with E-state index >= 15 is 0 Å². The van der Waals surface area contributed by atoms with Crippen LogP contribution in [0.15, 0.2) is 11.2 Å². The molecule has 0 aliphatic rings. The zero-order valence-electron chi connectivity index (χ0n) is 7.83. The normalized spacial score (nSPS) is 12.0. The largest absolute Gasteiger partial charge is 0.359 e. The highest BCUT2D eigenvalue weighted by Crippen LogP contribution is 2.12. The van der Waals surface area contributed by atoms with E-state index in [1.165, 1.54) is 11.8 Å². The fraction of sp³-hybridized carbons (Fsp3) is 0.500. The number of nitro groups is 1. The Labute approximate surface area is 81.9 Å². The van der Waals surface area contributed by atoms with Gasteiger partial charge in [0, 0.05) is 0 Å². The quantitative estimate of drug-likeness (QED) is 0.423. The van der Waals surface area contributed by atoms with E-state index in [1.54, 1.807) is 20.1 Å². The van der Waals surface area contributed by atoms with E-state index in [4.69, 9.17) is 6.42 Å². The van der Waals surface area contributed by atoms with Crippen LogP contribution in [-0.4, -0.2) is 16.7 Å². The minimum Gasteiger partial charge on any atom is -0.359 e. The Morgan fingerprint density at radius 1 is 1.77 bits per heavy atom. The summed E-state index contributed by atoms with van der Waals surface area (Å²) in [4.78, 5) is 9.66. The average Bonchev–Trinajstić information content (AvgIpc) is 2.02. The van der Waals surface area contributed by atoms with Crippen LogP contribution in [0.3, 0.4) is 0 Å². The topological polar surface area (TPSA) is 55.2 Å². The molecule has 1 N–H and O–H groups in total. The lowest BCUT2D eigenvalue weighted by atomic mass is 10.1. The Bertz CT molecular complexity index is 266. The first-order chi connectivity index (χ1) is 5.91. The smallest absolute Gasteiger partial charge is 0.264 e. The van der Waals surface area contributed by atoms with Gasteiger partial charge in [0.05, 0.1) is 10.5 Å². The third kappa shape index (κ3) is 5.15. The van der Waals surface area contributed by atoms with E-state index in [-0.39, 0.29) is 0 Å². The molecule has 0 aliphatic heterocycles. The molecule has 0 amide bonds. The number of nitrogens with zero attached hydrogens (tertiary/aromatic N) is 1. The maximum Gasteiger partial charge on any atom is 0.264 e. The number of hydrogen-bond donors (Lipinski definition) is 1. The standard InChI is InChI=1S/C8H12N2O2S/c1-5-8(2,3)9-7(13-4)6-10(11)12/h1,6,9H,2-4H3. The maximum absolute atomic E-state index is 10.2. The molecule has 0 saturated heterocycles. The number of thioether (sulfide) groups is 1. The maximum atomic E-state index is 10.2. The summed E-state index contributed by atoms with van der Waals surface area (Å²) in [7, 11) is 0. The molecule has 0 spiro atoms. The van der Waals surface area contributed by atoms with Gasteiger partial charge in [-0.3, -0.25) is 10.1 Å². The average molecular weight is 200 g/mol. The monoisotopic (exact) mass is 200 g/mol. The third-order valence-electron chi connectivity index (χ3n) is 1.24. The lowest BCUT2D eigenvalue weighted by Crippen LogP contribution is -2.36. The van der Waals surface area contributed by atoms with Crippen molar-refractivity contribution in [3.05, 3.63) is 21.3 Å². The molecule has 0 aliphatic carbocycles. The summed E-state index contributed by atoms with van der Waals surface area (Å²) >= 11 is 1.25. The summed E-state index contributed by atoms with van der Waals surface area (Å²) in [6.07, 6.45) is 7.87. The van der Waals surface area contributed by atoms with Gasteiger partial charge in [-0.15, -0.1) is 18.2 Å². The molecular formula is C8H12N2O2S. The summed E-state index contributed by atoms with van der Waals surface area (Å²) in [5.74, 6) is 2.49. The Kier molecular flexibility index (Phi) is 4.35. The highest BCUT2D eigenvalue weighted by atomic mass is 32.2. The van der Waals surface area contributed by atoms with Crippen LogP contribution in [0.1, 0.15) is 13.8 Å². The van der Waals surface area contributed by atoms with Crippen LogP contribution in [0.4, 0.5) is 0 Å². The predicted octanol–water partition coefficient (Wildman–Crippen LogP) is 1.43. The molecule has 0 aromatic rings. The zero-order chi connectivity index (χ0) is 10.5. The molecule has 0 aromatic heterocycles. The molecule has 0 atom stereocenters. The van der Waals surface area contributed by atoms with Crippen LogP contribution in [0.5, 0.6) is 0 Å². The summed E-state index contributed by atoms with van der Waals surface area (Å²) < 4.78 is 0. The molecule has 0 rings (SSSR count). The molecule has 5 heteroatoms. The highest BCUT2D eigenvalue weighted by molar-refractivity contribution is 8.02. The van der Waals surface area contributed by atoms with Crippen molar-refractivity contribution in [1.82, 2.24) is 5.32 Å². The molecule has 0 aromatic carbocycles. The van der Waals surface area contributed by atoms with Crippen LogP contribution in [-0.2, 0) is 0 Å². The molecule has 4 nitrogen and oxygen atoms in total. The minimum absolute atomic E-state index is 0.452. The lowest BCUT2D eigenvalue weighted by molar-refractivity contribution is -0.403. The van der Waals surface area contributed by atoms with Crippen molar-refractivity contribution in [2.45, 2.75) is 19.4 Å². The van der Waals surface area contributed by atoms with Gasteiger partial charge in [0.2, 0.25) is 0 Å². The van der Waals surface area contributed by atoms with E-state index in [0.29, 0.717) is 5.03 Å². The van der Waals surface area contributed by atoms with Gasteiger partial charge in [-0.2, -0.15) is 0 Å². The Balaban J connectivity index is 4.49. The number of terminal acetylenes is 1. The van der Waals surface area contributed by atoms with E-state index in [9.17, 15) is 10.1 Å². The van der Waals surface area contributed by atoms with Crippen molar-refractivity contribution < 1.29 is 4.92 Å². The van der Waals surface area contributed by atoms with Gasteiger partial charge in [-0.25, -0.2) is 0 Å². The molecule has 0 unspecified atom stereocenters. The molecule has 0 saturated carbocycles. The fourth-order valence-electron chi connectivity index (χ4n) is 0.576. The number of nitrogens with one attached hydrogen (secondary N) is 1. The zero-order valence-corrected chi connectivity index (χ0v) is 8.64. The van der Waals surface area contributed by atoms with Gasteiger partial charge < -0.3 is 5.32 Å². The van der Waals surface area contributed by atoms with E-state index in [1.807, 2.05) is 0 Å². The van der Waals surface area contributed by atoms with Gasteiger partial charge in [0.25, 0.3) is 6.20 Å². The lowest BCUT2D eigenvalue weighted by Gasteiger charge is -2.20. The van der Waals surface area contributed by atoms with Gasteiger partial charge in [-0.1, -0.05) is 5.92 Å². The Hall–Kier alpha value is -1.15. The van der Waals surface area contributed by atoms with Crippen molar-refractivity contribution >= 4 is 11.8 Å². The first kappa shape index (κ1) is 11.8. The van der Waals surface area contributed by atoms with E-state index in [2.05, 4.69) is 11.2 Å². The van der Waals surface area contributed by atoms with Gasteiger partial charge in [-0.05, 0) is 20.1 Å². The molecule has 0 radical (unpaired) electrons. The second kappa shape index (κ2) is 4.77. The SMILES string of the molecule is C#CC(C)(C)NC(=C[N+](=O)[O-])SC. The molecule has 0 bridgehead atoms. The number of hydrogen-bond acceptors (Lipinski definition) is 4. The van der Waals surface area contributed by atoms with Crippen LogP contribution in [0, 0.1) is 22.5 Å². The van der Waals surface area contributed by atoms with Gasteiger partial charge in [0.1, 0.15) is 5.03 Å². The summed E-state index contributed by atoms with van der Waals surface area (Å²) in [6.45, 7) is 3.55. The fourth-order valence-corrected chi connectivity index (χ4v) is 1.12. The van der Waals surface area contributed by atoms with E-state index < -0.39 is 10.5 Å². The van der Waals surface area contributed by atoms with Gasteiger partial charge in [0.15, 0.2) is 0 Å². The second-order valence-electron chi connectivity index (χ2n) is 2.88. The van der Waals surface area contributed by atoms with E-state index in [0.717, 1.165) is 6.20 Å². The van der Waals surface area contributed by atoms with Crippen molar-refractivity contribution in [3.8, 4) is 12.3 Å². The van der Waals surface area contributed by atoms with Crippen molar-refractivity contribution in [2.24, 2.45) is 0 Å². The Morgan fingerprint density at radius 2 is 2.31 bits per heavy atom. The summed E-state index contributed by atoms with van der Waals surface area (Å²) in [5, 5.41) is 13.5. The van der Waals surface area contributed by atoms with Crippen molar-refractivity contribution in [1.29, 1.82) is 0 Å². The first-order valence-electron chi connectivity index (χ1n) is 3.56. The molecule has 0 fully saturated rings. The molecular weight excluding hydrogens is 188 g/mol. The predicted molar refractivity (Wildman–Crippen MR) is 54.6 cm³/mol. The van der Waals surface area contributed by atoms with Crippen LogP contribution in [0.25, 0.3) is 0 Å². The highest BCUT2D eigenvalue weighted by Gasteiger charge is 2.15. The summed E-state index contributed by atoms with van der Waals surface area (Å²) in [6, 6.07) is 0. The second-order valence-corrected chi connectivity index (χ2v) is 3.73. The van der Waals surface area contributed by atoms with Crippen molar-refractivity contribution in [3.63, 3.8) is 0 Å². The Morgan fingerprint density at radius 3 is 2.62 bits per heavy atom. The number of rotatable bonds is 4. The first-order valence-corrected chi connectivity index (χ1v) is 4.79. The van der Waals surface area contributed by atoms with Crippen LogP contribution in [0.2, 0.25) is 0 Å². The van der Waals surface area contributed by atoms with Crippen LogP contribution >= 0.6 is 11.8 Å². The molecule has 72 valence electrons. The van der Waals surface area contributed by atoms with Gasteiger partial charge >= 0.3 is 0 Å².